The van der Waals surface area contributed by atoms with Gasteiger partial charge < -0.3 is 10.2 Å². The van der Waals surface area contributed by atoms with Crippen molar-refractivity contribution in [3.05, 3.63) is 41.9 Å². The number of aryl methyl sites for hydroxylation is 1. The van der Waals surface area contributed by atoms with E-state index in [4.69, 9.17) is 0 Å². The Balaban J connectivity index is 1.93. The zero-order chi connectivity index (χ0) is 16.2. The monoisotopic (exact) mass is 312 g/mol. The summed E-state index contributed by atoms with van der Waals surface area (Å²) in [6.45, 7) is 4.77. The van der Waals surface area contributed by atoms with E-state index in [-0.39, 0.29) is 11.9 Å². The maximum Gasteiger partial charge on any atom is 0.217 e. The van der Waals surface area contributed by atoms with Gasteiger partial charge in [-0.3, -0.25) is 4.79 Å². The molecule has 1 amide bonds. The van der Waals surface area contributed by atoms with Gasteiger partial charge in [-0.2, -0.15) is 0 Å². The Morgan fingerprint density at radius 3 is 3.04 bits per heavy atom. The van der Waals surface area contributed by atoms with Gasteiger partial charge in [-0.25, -0.2) is 19.9 Å². The van der Waals surface area contributed by atoms with E-state index in [0.29, 0.717) is 6.54 Å². The summed E-state index contributed by atoms with van der Waals surface area (Å²) in [5.74, 6) is 1.58. The smallest absolute Gasteiger partial charge is 0.217 e. The van der Waals surface area contributed by atoms with Gasteiger partial charge >= 0.3 is 0 Å². The Hall–Kier alpha value is -2.57. The highest BCUT2D eigenvalue weighted by Crippen LogP contribution is 2.35. The topological polar surface area (TPSA) is 83.9 Å². The van der Waals surface area contributed by atoms with Crippen molar-refractivity contribution in [2.24, 2.45) is 0 Å². The van der Waals surface area contributed by atoms with Crippen LogP contribution in [0.5, 0.6) is 0 Å². The summed E-state index contributed by atoms with van der Waals surface area (Å²) in [4.78, 5) is 30.8. The minimum absolute atomic E-state index is 0.0596. The molecule has 1 aliphatic rings. The van der Waals surface area contributed by atoms with Gasteiger partial charge in [-0.05, 0) is 25.8 Å². The molecule has 1 fully saturated rings. The molecule has 0 radical (unpaired) electrons. The fourth-order valence-corrected chi connectivity index (χ4v) is 2.94. The van der Waals surface area contributed by atoms with E-state index in [2.05, 4.69) is 30.2 Å². The maximum absolute atomic E-state index is 11.2. The van der Waals surface area contributed by atoms with Crippen molar-refractivity contribution in [1.82, 2.24) is 25.3 Å². The van der Waals surface area contributed by atoms with Gasteiger partial charge in [-0.15, -0.1) is 0 Å². The Labute approximate surface area is 135 Å². The maximum atomic E-state index is 11.2. The van der Waals surface area contributed by atoms with Crippen LogP contribution >= 0.6 is 0 Å². The molecule has 0 spiro atoms. The number of hydrogen-bond acceptors (Lipinski definition) is 6. The van der Waals surface area contributed by atoms with Gasteiger partial charge in [-0.1, -0.05) is 0 Å². The summed E-state index contributed by atoms with van der Waals surface area (Å²) < 4.78 is 0. The number of nitrogens with one attached hydrogen (secondary N) is 1. The third-order valence-corrected chi connectivity index (χ3v) is 3.98. The second-order valence-corrected chi connectivity index (χ2v) is 5.66. The van der Waals surface area contributed by atoms with E-state index in [0.717, 1.165) is 42.3 Å². The molecule has 3 rings (SSSR count). The lowest BCUT2D eigenvalue weighted by Gasteiger charge is -2.26. The quantitative estimate of drug-likeness (QED) is 0.922. The van der Waals surface area contributed by atoms with Crippen LogP contribution < -0.4 is 10.2 Å². The van der Waals surface area contributed by atoms with E-state index in [1.165, 1.54) is 6.92 Å². The molecular formula is C16H20N6O. The molecule has 2 aromatic heterocycles. The third-order valence-electron chi connectivity index (χ3n) is 3.98. The van der Waals surface area contributed by atoms with E-state index < -0.39 is 0 Å². The molecule has 1 aliphatic heterocycles. The largest absolute Gasteiger partial charge is 0.352 e. The van der Waals surface area contributed by atoms with Crippen LogP contribution in [0.15, 0.2) is 24.8 Å². The Morgan fingerprint density at radius 2 is 2.30 bits per heavy atom. The molecule has 1 N–H and O–H groups in total. The summed E-state index contributed by atoms with van der Waals surface area (Å²) in [6, 6.07) is 2.07. The minimum atomic E-state index is -0.0596. The van der Waals surface area contributed by atoms with Crippen molar-refractivity contribution in [3.63, 3.8) is 0 Å². The van der Waals surface area contributed by atoms with Gasteiger partial charge in [0.25, 0.3) is 0 Å². The van der Waals surface area contributed by atoms with Crippen molar-refractivity contribution < 1.29 is 4.79 Å². The fourth-order valence-electron chi connectivity index (χ4n) is 2.94. The second-order valence-electron chi connectivity index (χ2n) is 5.66. The number of aromatic nitrogens is 4. The molecule has 0 unspecified atom stereocenters. The molecule has 7 nitrogen and oxygen atoms in total. The van der Waals surface area contributed by atoms with Crippen molar-refractivity contribution in [3.8, 4) is 0 Å². The van der Waals surface area contributed by atoms with Crippen LogP contribution in [0.1, 0.15) is 42.9 Å². The molecule has 0 bridgehead atoms. The van der Waals surface area contributed by atoms with Gasteiger partial charge in [0.1, 0.15) is 18.0 Å². The first-order valence-electron chi connectivity index (χ1n) is 7.74. The number of hydrogen-bond donors (Lipinski definition) is 1. The summed E-state index contributed by atoms with van der Waals surface area (Å²) in [6.07, 6.45) is 7.21. The highest BCUT2D eigenvalue weighted by Gasteiger charge is 2.30. The number of carbonyl (C=O) groups excluding carboxylic acids is 1. The van der Waals surface area contributed by atoms with Gasteiger partial charge in [0.15, 0.2) is 0 Å². The van der Waals surface area contributed by atoms with Crippen LogP contribution in [-0.2, 0) is 11.3 Å². The zero-order valence-corrected chi connectivity index (χ0v) is 13.4. The first kappa shape index (κ1) is 15.3. The van der Waals surface area contributed by atoms with E-state index in [1.54, 1.807) is 12.5 Å². The number of rotatable bonds is 4. The Morgan fingerprint density at radius 1 is 1.43 bits per heavy atom. The SMILES string of the molecule is CC(=O)NCc1cnc(C)nc1[C@@H]1CCCN1c1ccncn1. The zero-order valence-electron chi connectivity index (χ0n) is 13.4. The predicted octanol–water partition coefficient (Wildman–Crippen LogP) is 1.55. The average molecular weight is 312 g/mol. The lowest BCUT2D eigenvalue weighted by molar-refractivity contribution is -0.119. The normalized spacial score (nSPS) is 17.3. The summed E-state index contributed by atoms with van der Waals surface area (Å²) in [5, 5.41) is 2.84. The third kappa shape index (κ3) is 3.44. The van der Waals surface area contributed by atoms with E-state index in [9.17, 15) is 4.79 Å². The van der Waals surface area contributed by atoms with Gasteiger partial charge in [0.05, 0.1) is 11.7 Å². The molecule has 7 heteroatoms. The van der Waals surface area contributed by atoms with Crippen LogP contribution in [0.4, 0.5) is 5.82 Å². The summed E-state index contributed by atoms with van der Waals surface area (Å²) >= 11 is 0. The lowest BCUT2D eigenvalue weighted by Crippen LogP contribution is -2.27. The number of amides is 1. The summed E-state index contributed by atoms with van der Waals surface area (Å²) in [5.41, 5.74) is 1.93. The molecule has 0 aliphatic carbocycles. The molecular weight excluding hydrogens is 292 g/mol. The lowest BCUT2D eigenvalue weighted by atomic mass is 10.1. The first-order chi connectivity index (χ1) is 11.1. The second kappa shape index (κ2) is 6.68. The molecule has 23 heavy (non-hydrogen) atoms. The fraction of sp³-hybridized carbons (Fsp3) is 0.438. The van der Waals surface area contributed by atoms with Crippen molar-refractivity contribution in [2.75, 3.05) is 11.4 Å². The Bertz CT molecular complexity index is 690. The number of anilines is 1. The van der Waals surface area contributed by atoms with Gasteiger partial charge in [0.2, 0.25) is 5.91 Å². The molecule has 3 heterocycles. The van der Waals surface area contributed by atoms with Crippen LogP contribution in [0.25, 0.3) is 0 Å². The van der Waals surface area contributed by atoms with Crippen LogP contribution in [0.2, 0.25) is 0 Å². The molecule has 1 atom stereocenters. The van der Waals surface area contributed by atoms with Crippen LogP contribution in [-0.4, -0.2) is 32.4 Å². The van der Waals surface area contributed by atoms with E-state index in [1.807, 2.05) is 19.2 Å². The first-order valence-corrected chi connectivity index (χ1v) is 7.74. The molecule has 1 saturated heterocycles. The molecule has 2 aromatic rings. The Kier molecular flexibility index (Phi) is 4.45. The highest BCUT2D eigenvalue weighted by atomic mass is 16.1. The van der Waals surface area contributed by atoms with Crippen molar-refractivity contribution in [2.45, 2.75) is 39.3 Å². The average Bonchev–Trinajstić information content (AvgIpc) is 3.03. The summed E-state index contributed by atoms with van der Waals surface area (Å²) in [7, 11) is 0. The highest BCUT2D eigenvalue weighted by molar-refractivity contribution is 5.72. The predicted molar refractivity (Wildman–Crippen MR) is 85.6 cm³/mol. The standard InChI is InChI=1S/C16H20N6O/c1-11-18-8-13(9-19-12(2)23)16(21-11)14-4-3-7-22(14)15-5-6-17-10-20-15/h5-6,8,10,14H,3-4,7,9H2,1-2H3,(H,19,23)/t14-/m0/s1. The number of carbonyl (C=O) groups is 1. The van der Waals surface area contributed by atoms with Crippen LogP contribution in [0, 0.1) is 6.92 Å². The molecule has 0 saturated carbocycles. The minimum Gasteiger partial charge on any atom is -0.352 e. The molecule has 0 aromatic carbocycles. The van der Waals surface area contributed by atoms with Crippen LogP contribution in [0.3, 0.4) is 0 Å². The molecule has 120 valence electrons. The van der Waals surface area contributed by atoms with Crippen molar-refractivity contribution in [1.29, 1.82) is 0 Å². The van der Waals surface area contributed by atoms with Crippen molar-refractivity contribution >= 4 is 11.7 Å². The number of nitrogens with zero attached hydrogens (tertiary/aromatic N) is 5. The van der Waals surface area contributed by atoms with E-state index >= 15 is 0 Å². The van der Waals surface area contributed by atoms with Gasteiger partial charge in [0, 0.05) is 38.0 Å².